The average Bonchev–Trinajstić information content (AvgIpc) is 2.66. The zero-order valence-electron chi connectivity index (χ0n) is 15.2. The van der Waals surface area contributed by atoms with Gasteiger partial charge in [0.25, 0.3) is 0 Å². The second-order valence-corrected chi connectivity index (χ2v) is 6.80. The van der Waals surface area contributed by atoms with Crippen LogP contribution in [0.3, 0.4) is 0 Å². The largest absolute Gasteiger partial charge is 0.468 e. The zero-order chi connectivity index (χ0) is 19.3. The smallest absolute Gasteiger partial charge is 0.336 e. The van der Waals surface area contributed by atoms with Crippen LogP contribution in [0.25, 0.3) is 0 Å². The van der Waals surface area contributed by atoms with Gasteiger partial charge in [0.15, 0.2) is 0 Å². The maximum atomic E-state index is 12.7. The van der Waals surface area contributed by atoms with Crippen molar-refractivity contribution in [1.82, 2.24) is 0 Å². The van der Waals surface area contributed by atoms with Crippen molar-refractivity contribution in [2.75, 3.05) is 25.9 Å². The van der Waals surface area contributed by atoms with Gasteiger partial charge >= 0.3 is 11.9 Å². The summed E-state index contributed by atoms with van der Waals surface area (Å²) in [6.07, 6.45) is 1.95. The van der Waals surface area contributed by atoms with Gasteiger partial charge in [-0.1, -0.05) is 18.2 Å². The minimum atomic E-state index is -0.709. The van der Waals surface area contributed by atoms with Crippen LogP contribution in [0.4, 0.5) is 0 Å². The predicted octanol–water partition coefficient (Wildman–Crippen LogP) is 3.81. The Hall–Kier alpha value is -1.79. The number of halogens is 1. The van der Waals surface area contributed by atoms with E-state index in [1.165, 1.54) is 7.11 Å². The Morgan fingerprint density at radius 2 is 2.00 bits per heavy atom. The summed E-state index contributed by atoms with van der Waals surface area (Å²) in [6.45, 7) is 3.71. The minimum Gasteiger partial charge on any atom is -0.468 e. The van der Waals surface area contributed by atoms with Gasteiger partial charge in [0, 0.05) is 16.5 Å². The van der Waals surface area contributed by atoms with Crippen molar-refractivity contribution in [3.05, 3.63) is 41.1 Å². The second kappa shape index (κ2) is 9.24. The molecule has 0 N–H and O–H groups in total. The second-order valence-electron chi connectivity index (χ2n) is 5.69. The van der Waals surface area contributed by atoms with Crippen LogP contribution in [-0.2, 0) is 19.1 Å². The van der Waals surface area contributed by atoms with E-state index in [1.54, 1.807) is 25.6 Å². The van der Waals surface area contributed by atoms with Gasteiger partial charge < -0.3 is 9.47 Å². The Bertz CT molecular complexity index is 760. The molecule has 0 amide bonds. The minimum absolute atomic E-state index is 0.0529. The van der Waals surface area contributed by atoms with E-state index < -0.39 is 23.8 Å². The number of hydrogen-bond acceptors (Lipinski definition) is 6. The molecule has 0 saturated carbocycles. The molecule has 1 aromatic carbocycles. The maximum absolute atomic E-state index is 12.7. The molecule has 1 aliphatic heterocycles. The highest BCUT2D eigenvalue weighted by Crippen LogP contribution is 2.43. The number of esters is 2. The van der Waals surface area contributed by atoms with Crippen LogP contribution in [0.1, 0.15) is 25.3 Å². The topological polar surface area (TPSA) is 65.0 Å². The molecular formula is C19H22ClNO4S. The van der Waals surface area contributed by atoms with E-state index in [0.29, 0.717) is 17.0 Å². The summed E-state index contributed by atoms with van der Waals surface area (Å²) < 4.78 is 10.3. The van der Waals surface area contributed by atoms with E-state index in [2.05, 4.69) is 4.99 Å². The van der Waals surface area contributed by atoms with Gasteiger partial charge in [0.05, 0.1) is 30.9 Å². The molecule has 0 aliphatic carbocycles. The van der Waals surface area contributed by atoms with Crippen molar-refractivity contribution in [3.8, 4) is 0 Å². The predicted molar refractivity (Wildman–Crippen MR) is 104 cm³/mol. The van der Waals surface area contributed by atoms with Gasteiger partial charge in [-0.15, -0.1) is 23.4 Å². The van der Waals surface area contributed by atoms with Crippen molar-refractivity contribution in [2.24, 2.45) is 10.9 Å². The Labute approximate surface area is 162 Å². The van der Waals surface area contributed by atoms with Crippen molar-refractivity contribution >= 4 is 41.0 Å². The summed E-state index contributed by atoms with van der Waals surface area (Å²) in [5.74, 6) is -2.16. The van der Waals surface area contributed by atoms with Gasteiger partial charge in [-0.2, -0.15) is 0 Å². The summed E-state index contributed by atoms with van der Waals surface area (Å²) >= 11 is 7.63. The van der Waals surface area contributed by atoms with Crippen LogP contribution in [-0.4, -0.2) is 43.5 Å². The molecule has 0 saturated heterocycles. The first-order valence-corrected chi connectivity index (χ1v) is 9.98. The van der Waals surface area contributed by atoms with Gasteiger partial charge in [-0.25, -0.2) is 4.79 Å². The molecule has 2 rings (SSSR count). The van der Waals surface area contributed by atoms with E-state index in [0.717, 1.165) is 10.5 Å². The fourth-order valence-corrected chi connectivity index (χ4v) is 4.03. The standard InChI is InChI=1S/C19H22ClNO4S/c1-5-25-19(23)17-13(10-20)21-11(2)15(18(22)24-3)16(17)12-8-6-7-9-14(12)26-4/h6-9,15-16H,5,10H2,1-4H3. The number of aliphatic imine (C=N–C) groups is 1. The third kappa shape index (κ3) is 3.96. The number of methoxy groups -OCH3 is 1. The number of alkyl halides is 1. The Morgan fingerprint density at radius 1 is 1.31 bits per heavy atom. The molecule has 26 heavy (non-hydrogen) atoms. The number of rotatable bonds is 6. The van der Waals surface area contributed by atoms with Gasteiger partial charge in [-0.05, 0) is 31.7 Å². The molecule has 0 bridgehead atoms. The first kappa shape index (κ1) is 20.5. The normalized spacial score (nSPS) is 19.8. The van der Waals surface area contributed by atoms with Crippen molar-refractivity contribution in [2.45, 2.75) is 24.7 Å². The molecule has 1 aliphatic rings. The number of carbonyl (C=O) groups excluding carboxylic acids is 2. The molecule has 2 unspecified atom stereocenters. The Morgan fingerprint density at radius 3 is 2.58 bits per heavy atom. The summed E-state index contributed by atoms with van der Waals surface area (Å²) in [7, 11) is 1.33. The monoisotopic (exact) mass is 395 g/mol. The highest BCUT2D eigenvalue weighted by atomic mass is 35.5. The van der Waals surface area contributed by atoms with E-state index >= 15 is 0 Å². The van der Waals surface area contributed by atoms with Crippen LogP contribution < -0.4 is 0 Å². The fraction of sp³-hybridized carbons (Fsp3) is 0.421. The van der Waals surface area contributed by atoms with Gasteiger partial charge in [-0.3, -0.25) is 9.79 Å². The lowest BCUT2D eigenvalue weighted by Crippen LogP contribution is -2.37. The number of benzene rings is 1. The maximum Gasteiger partial charge on any atom is 0.336 e. The lowest BCUT2D eigenvalue weighted by Gasteiger charge is -2.32. The van der Waals surface area contributed by atoms with Crippen LogP contribution in [0.15, 0.2) is 45.4 Å². The van der Waals surface area contributed by atoms with E-state index in [4.69, 9.17) is 21.1 Å². The van der Waals surface area contributed by atoms with Gasteiger partial charge in [0.2, 0.25) is 0 Å². The van der Waals surface area contributed by atoms with E-state index in [9.17, 15) is 9.59 Å². The van der Waals surface area contributed by atoms with E-state index in [1.807, 2.05) is 30.5 Å². The number of ether oxygens (including phenoxy) is 2. The SMILES string of the molecule is CCOC(=O)C1=C(CCl)N=C(C)C(C(=O)OC)C1c1ccccc1SC. The van der Waals surface area contributed by atoms with Crippen LogP contribution >= 0.6 is 23.4 Å². The molecule has 1 heterocycles. The van der Waals surface area contributed by atoms with E-state index in [-0.39, 0.29) is 12.5 Å². The summed E-state index contributed by atoms with van der Waals surface area (Å²) in [4.78, 5) is 30.7. The van der Waals surface area contributed by atoms with Crippen molar-refractivity contribution in [1.29, 1.82) is 0 Å². The van der Waals surface area contributed by atoms with Crippen LogP contribution in [0, 0.1) is 5.92 Å². The molecule has 1 aromatic rings. The van der Waals surface area contributed by atoms with Gasteiger partial charge in [0.1, 0.15) is 5.92 Å². The number of nitrogens with zero attached hydrogens (tertiary/aromatic N) is 1. The third-order valence-electron chi connectivity index (χ3n) is 4.27. The quantitative estimate of drug-likeness (QED) is 0.416. The Kier molecular flexibility index (Phi) is 7.29. The highest BCUT2D eigenvalue weighted by molar-refractivity contribution is 7.98. The zero-order valence-corrected chi connectivity index (χ0v) is 16.8. The summed E-state index contributed by atoms with van der Waals surface area (Å²) in [5, 5.41) is 0. The van der Waals surface area contributed by atoms with Crippen LogP contribution in [0.2, 0.25) is 0 Å². The molecule has 0 radical (unpaired) electrons. The third-order valence-corrected chi connectivity index (χ3v) is 5.33. The number of allylic oxidation sites excluding steroid dienone is 1. The Balaban J connectivity index is 2.75. The number of thioether (sulfide) groups is 1. The highest BCUT2D eigenvalue weighted by Gasteiger charge is 2.43. The molecule has 0 aromatic heterocycles. The van der Waals surface area contributed by atoms with Crippen molar-refractivity contribution < 1.29 is 19.1 Å². The average molecular weight is 396 g/mol. The lowest BCUT2D eigenvalue weighted by atomic mass is 9.75. The van der Waals surface area contributed by atoms with Crippen molar-refractivity contribution in [3.63, 3.8) is 0 Å². The molecule has 5 nitrogen and oxygen atoms in total. The summed E-state index contributed by atoms with van der Waals surface area (Å²) in [5.41, 5.74) is 2.19. The lowest BCUT2D eigenvalue weighted by molar-refractivity contribution is -0.144. The fourth-order valence-electron chi connectivity index (χ4n) is 3.18. The summed E-state index contributed by atoms with van der Waals surface area (Å²) in [6, 6.07) is 7.67. The molecular weight excluding hydrogens is 374 g/mol. The molecule has 140 valence electrons. The molecule has 0 spiro atoms. The first-order valence-electron chi connectivity index (χ1n) is 8.22. The molecule has 7 heteroatoms. The number of carbonyl (C=O) groups is 2. The first-order chi connectivity index (χ1) is 12.5. The molecule has 2 atom stereocenters. The van der Waals surface area contributed by atoms with Crippen LogP contribution in [0.5, 0.6) is 0 Å². The molecule has 0 fully saturated rings. The number of hydrogen-bond donors (Lipinski definition) is 0.